The van der Waals surface area contributed by atoms with E-state index in [-0.39, 0.29) is 35.3 Å². The lowest BCUT2D eigenvalue weighted by Crippen LogP contribution is -2.60. The number of aliphatic hydroxyl groups excluding tert-OH is 3. The van der Waals surface area contributed by atoms with E-state index in [4.69, 9.17) is 11.6 Å². The highest BCUT2D eigenvalue weighted by molar-refractivity contribution is 7.85. The fraction of sp³-hybridized carbons (Fsp3) is 0.532. The van der Waals surface area contributed by atoms with Crippen LogP contribution in [-0.2, 0) is 25.7 Å². The van der Waals surface area contributed by atoms with Crippen LogP contribution < -0.4 is 15.8 Å². The number of halogens is 2. The number of carbonyl (C=O) groups is 1. The number of hydrogen-bond acceptors (Lipinski definition) is 9. The molecule has 0 saturated heterocycles. The monoisotopic (exact) mass is 879 g/mol. The van der Waals surface area contributed by atoms with Crippen molar-refractivity contribution in [2.75, 3.05) is 30.3 Å². The van der Waals surface area contributed by atoms with Crippen LogP contribution in [0.25, 0.3) is 0 Å². The number of anilines is 1. The third-order valence-electron chi connectivity index (χ3n) is 13.0. The molecule has 0 bridgehead atoms. The van der Waals surface area contributed by atoms with E-state index in [2.05, 4.69) is 109 Å². The average Bonchev–Trinajstić information content (AvgIpc) is 3.57. The lowest BCUT2D eigenvalue weighted by molar-refractivity contribution is -0.438. The fourth-order valence-corrected chi connectivity index (χ4v) is 10.3. The molecule has 0 aromatic heterocycles. The van der Waals surface area contributed by atoms with Crippen molar-refractivity contribution in [1.29, 1.82) is 0 Å². The van der Waals surface area contributed by atoms with Crippen LogP contribution in [0.5, 0.6) is 0 Å². The lowest BCUT2D eigenvalue weighted by atomic mass is 9.80. The van der Waals surface area contributed by atoms with Crippen LogP contribution in [-0.4, -0.2) is 94.4 Å². The van der Waals surface area contributed by atoms with Gasteiger partial charge in [-0.2, -0.15) is 4.58 Å². The van der Waals surface area contributed by atoms with Gasteiger partial charge in [-0.3, -0.25) is 10.2 Å². The predicted octanol–water partition coefficient (Wildman–Crippen LogP) is 6.85. The summed E-state index contributed by atoms with van der Waals surface area (Å²) in [6.07, 6.45) is 9.97. The first-order valence-electron chi connectivity index (χ1n) is 21.6. The average molecular weight is 881 g/mol. The van der Waals surface area contributed by atoms with Gasteiger partial charge in [0.1, 0.15) is 18.8 Å². The minimum absolute atomic E-state index is 0.0791. The molecule has 14 heteroatoms. The van der Waals surface area contributed by atoms with Crippen LogP contribution in [0.15, 0.2) is 94.7 Å². The molecule has 2 aliphatic heterocycles. The van der Waals surface area contributed by atoms with Crippen molar-refractivity contribution in [1.82, 2.24) is 10.9 Å². The molecule has 2 unspecified atom stereocenters. The summed E-state index contributed by atoms with van der Waals surface area (Å²) in [5.74, 6) is -1.35. The fourth-order valence-electron chi connectivity index (χ4n) is 9.47. The molecule has 332 valence electrons. The molecule has 6 rings (SSSR count). The van der Waals surface area contributed by atoms with Gasteiger partial charge in [-0.25, -0.2) is 18.2 Å². The van der Waals surface area contributed by atoms with E-state index < -0.39 is 47.1 Å². The minimum atomic E-state index is -4.26. The van der Waals surface area contributed by atoms with Crippen molar-refractivity contribution >= 4 is 44.7 Å². The quantitative estimate of drug-likeness (QED) is 0.0495. The van der Waals surface area contributed by atoms with Gasteiger partial charge in [0.2, 0.25) is 11.6 Å². The second kappa shape index (κ2) is 19.8. The zero-order valence-corrected chi connectivity index (χ0v) is 37.3. The third kappa shape index (κ3) is 10.6. The van der Waals surface area contributed by atoms with E-state index >= 15 is 0 Å². The molecule has 2 aliphatic carbocycles. The zero-order valence-electron chi connectivity index (χ0n) is 35.7. The SMILES string of the molecule is CC1(C)C(/C=C/C2=C(Cl)C(=C/C=C3/N(CCCCS(=O)(=O)[O-])c4ccccc4C3(C)C)/CCC2)=[N+](CCCCCC(=O)NN[C@@H]2CC(CO)[C@@H](O)[C@H](O)C2[18F])c2ccccc21. The molecule has 5 atom stereocenters. The number of hydrogen-bond donors (Lipinski definition) is 5. The maximum atomic E-state index is 14.6. The van der Waals surface area contributed by atoms with Gasteiger partial charge in [0.05, 0.1) is 27.7 Å². The Bertz CT molecular complexity index is 2200. The second-order valence-corrected chi connectivity index (χ2v) is 19.8. The number of alkyl halides is 1. The van der Waals surface area contributed by atoms with E-state index in [1.165, 1.54) is 16.8 Å². The Kier molecular flexibility index (Phi) is 15.2. The van der Waals surface area contributed by atoms with Crippen LogP contribution in [0.3, 0.4) is 0 Å². The Hall–Kier alpha value is -3.69. The van der Waals surface area contributed by atoms with Gasteiger partial charge in [0, 0.05) is 77.2 Å². The molecule has 0 radical (unpaired) electrons. The number of carbonyl (C=O) groups excluding carboxylic acids is 1. The second-order valence-electron chi connectivity index (χ2n) is 17.9. The van der Waals surface area contributed by atoms with E-state index in [1.54, 1.807) is 0 Å². The van der Waals surface area contributed by atoms with Crippen molar-refractivity contribution < 1.29 is 42.1 Å². The Morgan fingerprint density at radius 3 is 2.41 bits per heavy atom. The standard InChI is InChI=1S/C47H62ClFN4O7S/c1-46(2)34-17-7-9-19-37(34)52(26-11-5-6-21-41(55)51-50-36-29-33(30-54)44(56)45(57)43(36)49)39(46)24-22-31-15-14-16-32(42(31)48)23-25-40-47(3,4)35-18-8-10-20-38(35)53(40)27-12-13-28-61(58,59)60/h7-10,17-20,22-25,33,36,43-45,50,54,56-57H,5-6,11-16,21,26-30H2,1-4H3,(H-,51,55,58,59,60)/t33?,36-,43?,44-,45-/m1/s1/i49-1. The van der Waals surface area contributed by atoms with Gasteiger partial charge in [-0.1, -0.05) is 74.0 Å². The molecule has 5 N–H and O–H groups in total. The zero-order chi connectivity index (χ0) is 44.1. The number of aliphatic hydroxyl groups is 3. The summed E-state index contributed by atoms with van der Waals surface area (Å²) in [5.41, 5.74) is 13.7. The number of hydrazine groups is 1. The van der Waals surface area contributed by atoms with Crippen LogP contribution in [0, 0.1) is 5.92 Å². The number of nitrogens with zero attached hydrogens (tertiary/aromatic N) is 2. The minimum Gasteiger partial charge on any atom is -0.748 e. The normalized spacial score (nSPS) is 26.1. The Morgan fingerprint density at radius 1 is 0.951 bits per heavy atom. The molecule has 11 nitrogen and oxygen atoms in total. The van der Waals surface area contributed by atoms with Crippen molar-refractivity contribution in [3.63, 3.8) is 0 Å². The van der Waals surface area contributed by atoms with Crippen LogP contribution in [0.1, 0.15) is 103 Å². The van der Waals surface area contributed by atoms with E-state index in [0.29, 0.717) is 25.8 Å². The van der Waals surface area contributed by atoms with Crippen LogP contribution >= 0.6 is 11.6 Å². The molecule has 0 spiro atoms. The maximum absolute atomic E-state index is 14.6. The molecule has 1 fully saturated rings. The summed E-state index contributed by atoms with van der Waals surface area (Å²) < 4.78 is 50.8. The van der Waals surface area contributed by atoms with E-state index in [9.17, 15) is 37.5 Å². The summed E-state index contributed by atoms with van der Waals surface area (Å²) in [7, 11) is -4.26. The molecule has 4 aliphatic rings. The Labute approximate surface area is 365 Å². The highest BCUT2D eigenvalue weighted by Crippen LogP contribution is 2.48. The Balaban J connectivity index is 1.14. The Morgan fingerprint density at radius 2 is 1.67 bits per heavy atom. The van der Waals surface area contributed by atoms with Crippen molar-refractivity contribution in [2.24, 2.45) is 5.92 Å². The molecule has 1 amide bonds. The summed E-state index contributed by atoms with van der Waals surface area (Å²) in [4.78, 5) is 14.9. The van der Waals surface area contributed by atoms with Crippen molar-refractivity contribution in [3.05, 3.63) is 106 Å². The van der Waals surface area contributed by atoms with Crippen LogP contribution in [0.2, 0.25) is 0 Å². The first-order chi connectivity index (χ1) is 29.0. The van der Waals surface area contributed by atoms with Crippen molar-refractivity contribution in [3.8, 4) is 0 Å². The van der Waals surface area contributed by atoms with Gasteiger partial charge in [-0.05, 0) is 94.1 Å². The topological polar surface area (TPSA) is 165 Å². The first-order valence-corrected chi connectivity index (χ1v) is 23.6. The molecular formula is C47H62ClFN4O7S. The smallest absolute Gasteiger partial charge is 0.234 e. The highest BCUT2D eigenvalue weighted by Gasteiger charge is 2.45. The van der Waals surface area contributed by atoms with E-state index in [0.717, 1.165) is 71.9 Å². The molecular weight excluding hydrogens is 818 g/mol. The van der Waals surface area contributed by atoms with Crippen LogP contribution in [0.4, 0.5) is 15.8 Å². The number of rotatable bonds is 17. The largest absolute Gasteiger partial charge is 0.748 e. The van der Waals surface area contributed by atoms with Gasteiger partial charge >= 0.3 is 0 Å². The lowest BCUT2D eigenvalue weighted by Gasteiger charge is -2.38. The molecule has 2 aromatic carbocycles. The number of allylic oxidation sites excluding steroid dienone is 8. The highest BCUT2D eigenvalue weighted by atomic mass is 35.5. The number of benzene rings is 2. The number of unbranched alkanes of at least 4 members (excludes halogenated alkanes) is 3. The molecule has 61 heavy (non-hydrogen) atoms. The van der Waals surface area contributed by atoms with Gasteiger partial charge in [-0.15, -0.1) is 0 Å². The summed E-state index contributed by atoms with van der Waals surface area (Å²) >= 11 is 7.22. The summed E-state index contributed by atoms with van der Waals surface area (Å²) in [6, 6.07) is 15.8. The summed E-state index contributed by atoms with van der Waals surface area (Å²) in [6.45, 7) is 9.82. The maximum Gasteiger partial charge on any atom is 0.234 e. The summed E-state index contributed by atoms with van der Waals surface area (Å²) in [5, 5.41) is 30.3. The van der Waals surface area contributed by atoms with Gasteiger partial charge in [0.25, 0.3) is 0 Å². The predicted molar refractivity (Wildman–Crippen MR) is 238 cm³/mol. The van der Waals surface area contributed by atoms with Gasteiger partial charge < -0.3 is 24.8 Å². The van der Waals surface area contributed by atoms with E-state index in [1.807, 2.05) is 12.1 Å². The number of para-hydroxylation sites is 2. The third-order valence-corrected chi connectivity index (χ3v) is 14.3. The molecule has 2 heterocycles. The number of amides is 1. The van der Waals surface area contributed by atoms with Gasteiger partial charge in [0.15, 0.2) is 5.71 Å². The molecule has 1 saturated carbocycles. The first kappa shape index (κ1) is 46.8. The van der Waals surface area contributed by atoms with Crippen molar-refractivity contribution in [2.45, 2.75) is 127 Å². The molecule has 2 aromatic rings. The number of fused-ring (bicyclic) bond motifs is 2. The number of nitrogens with one attached hydrogen (secondary N) is 2.